The first kappa shape index (κ1) is 15.3. The fourth-order valence-electron chi connectivity index (χ4n) is 2.06. The largest absolute Gasteiger partial charge is 0.479 e. The zero-order valence-corrected chi connectivity index (χ0v) is 12.4. The first-order valence-electron chi connectivity index (χ1n) is 6.37. The summed E-state index contributed by atoms with van der Waals surface area (Å²) in [6, 6.07) is 11.0. The van der Waals surface area contributed by atoms with E-state index in [0.717, 1.165) is 11.6 Å². The smallest absolute Gasteiger partial charge is 0.333 e. The third-order valence-electron chi connectivity index (χ3n) is 3.34. The summed E-state index contributed by atoms with van der Waals surface area (Å²) in [7, 11) is 0. The number of rotatable bonds is 4. The molecule has 0 spiro atoms. The van der Waals surface area contributed by atoms with Crippen LogP contribution in [0.3, 0.4) is 0 Å². The normalized spacial score (nSPS) is 13.5. The van der Waals surface area contributed by atoms with Gasteiger partial charge in [-0.05, 0) is 38.1 Å². The van der Waals surface area contributed by atoms with E-state index in [4.69, 9.17) is 11.6 Å². The van der Waals surface area contributed by atoms with E-state index >= 15 is 0 Å². The molecule has 0 radical (unpaired) electrons. The molecule has 21 heavy (non-hydrogen) atoms. The van der Waals surface area contributed by atoms with Crippen molar-refractivity contribution in [1.82, 2.24) is 0 Å². The number of hydrogen-bond acceptors (Lipinski definition) is 2. The van der Waals surface area contributed by atoms with E-state index < -0.39 is 17.3 Å². The number of hydrogen-bond donors (Lipinski definition) is 2. The van der Waals surface area contributed by atoms with Crippen LogP contribution >= 0.6 is 11.6 Å². The van der Waals surface area contributed by atoms with Gasteiger partial charge in [0.05, 0.1) is 0 Å². The van der Waals surface area contributed by atoms with Crippen LogP contribution in [-0.4, -0.2) is 11.1 Å². The minimum atomic E-state index is -1.46. The van der Waals surface area contributed by atoms with E-state index in [-0.39, 0.29) is 5.02 Å². The van der Waals surface area contributed by atoms with Crippen molar-refractivity contribution < 1.29 is 14.3 Å². The zero-order chi connectivity index (χ0) is 15.6. The SMILES string of the molecule is Cc1ccc(NC(C)(C(=O)O)c2ccc(F)cc2Cl)cc1. The predicted octanol–water partition coefficient (Wildman–Crippen LogP) is 4.20. The first-order valence-corrected chi connectivity index (χ1v) is 6.74. The zero-order valence-electron chi connectivity index (χ0n) is 11.7. The number of carboxylic acids is 1. The third-order valence-corrected chi connectivity index (χ3v) is 3.66. The highest BCUT2D eigenvalue weighted by molar-refractivity contribution is 6.31. The van der Waals surface area contributed by atoms with E-state index in [1.807, 2.05) is 19.1 Å². The van der Waals surface area contributed by atoms with Crippen LogP contribution in [0.5, 0.6) is 0 Å². The van der Waals surface area contributed by atoms with Gasteiger partial charge in [-0.3, -0.25) is 0 Å². The maximum absolute atomic E-state index is 13.2. The lowest BCUT2D eigenvalue weighted by atomic mass is 9.91. The average Bonchev–Trinajstić information content (AvgIpc) is 2.41. The van der Waals surface area contributed by atoms with E-state index in [1.165, 1.54) is 19.1 Å². The van der Waals surface area contributed by atoms with Crippen LogP contribution in [0.1, 0.15) is 18.1 Å². The Hall–Kier alpha value is -2.07. The average molecular weight is 308 g/mol. The Morgan fingerprint density at radius 3 is 2.38 bits per heavy atom. The molecule has 2 aromatic rings. The van der Waals surface area contributed by atoms with Gasteiger partial charge >= 0.3 is 5.97 Å². The summed E-state index contributed by atoms with van der Waals surface area (Å²) in [5.74, 6) is -1.61. The van der Waals surface area contributed by atoms with Gasteiger partial charge in [0.1, 0.15) is 5.82 Å². The summed E-state index contributed by atoms with van der Waals surface area (Å²) >= 11 is 6.01. The van der Waals surface area contributed by atoms with Gasteiger partial charge in [-0.15, -0.1) is 0 Å². The lowest BCUT2D eigenvalue weighted by Gasteiger charge is -2.29. The van der Waals surface area contributed by atoms with Gasteiger partial charge in [-0.2, -0.15) is 0 Å². The Kier molecular flexibility index (Phi) is 4.19. The number of halogens is 2. The Balaban J connectivity index is 2.45. The van der Waals surface area contributed by atoms with Gasteiger partial charge in [-0.1, -0.05) is 35.4 Å². The molecule has 1 unspecified atom stereocenters. The molecule has 0 saturated carbocycles. The quantitative estimate of drug-likeness (QED) is 0.890. The number of carbonyl (C=O) groups is 1. The molecule has 0 aromatic heterocycles. The fraction of sp³-hybridized carbons (Fsp3) is 0.188. The van der Waals surface area contributed by atoms with Crippen LogP contribution in [0.4, 0.5) is 10.1 Å². The van der Waals surface area contributed by atoms with Crippen LogP contribution in [0.15, 0.2) is 42.5 Å². The Bertz CT molecular complexity index is 672. The molecule has 0 bridgehead atoms. The van der Waals surface area contributed by atoms with Crippen LogP contribution < -0.4 is 5.32 Å². The molecule has 0 saturated heterocycles. The third kappa shape index (κ3) is 3.16. The van der Waals surface area contributed by atoms with E-state index in [1.54, 1.807) is 12.1 Å². The standard InChI is InChI=1S/C16H15ClFNO2/c1-10-3-6-12(7-4-10)19-16(2,15(20)21)13-8-5-11(18)9-14(13)17/h3-9,19H,1-2H3,(H,20,21). The molecule has 0 aliphatic rings. The van der Waals surface area contributed by atoms with Crippen molar-refractivity contribution in [3.63, 3.8) is 0 Å². The highest BCUT2D eigenvalue weighted by atomic mass is 35.5. The molecule has 5 heteroatoms. The summed E-state index contributed by atoms with van der Waals surface area (Å²) in [4.78, 5) is 11.7. The molecule has 2 aromatic carbocycles. The second kappa shape index (κ2) is 5.74. The molecule has 2 rings (SSSR count). The van der Waals surface area contributed by atoms with Crippen LogP contribution in [0.2, 0.25) is 5.02 Å². The van der Waals surface area contributed by atoms with Gasteiger partial charge in [0.15, 0.2) is 5.54 Å². The van der Waals surface area contributed by atoms with Crippen molar-refractivity contribution in [3.05, 3.63) is 64.4 Å². The maximum Gasteiger partial charge on any atom is 0.333 e. The summed E-state index contributed by atoms with van der Waals surface area (Å²) in [6.07, 6.45) is 0. The molecular weight excluding hydrogens is 293 g/mol. The second-order valence-electron chi connectivity index (χ2n) is 5.05. The Morgan fingerprint density at radius 2 is 1.86 bits per heavy atom. The maximum atomic E-state index is 13.2. The van der Waals surface area contributed by atoms with Gasteiger partial charge < -0.3 is 10.4 Å². The van der Waals surface area contributed by atoms with Gasteiger partial charge in [-0.25, -0.2) is 9.18 Å². The minimum Gasteiger partial charge on any atom is -0.479 e. The number of aryl methyl sites for hydroxylation is 1. The number of carboxylic acid groups (broad SMARTS) is 1. The van der Waals surface area contributed by atoms with Crippen molar-refractivity contribution in [1.29, 1.82) is 0 Å². The minimum absolute atomic E-state index is 0.0690. The lowest BCUT2D eigenvalue weighted by molar-refractivity contribution is -0.142. The van der Waals surface area contributed by atoms with E-state index in [0.29, 0.717) is 11.3 Å². The topological polar surface area (TPSA) is 49.3 Å². The summed E-state index contributed by atoms with van der Waals surface area (Å²) in [5.41, 5.74) is 0.557. The van der Waals surface area contributed by atoms with E-state index in [9.17, 15) is 14.3 Å². The Labute approximate surface area is 127 Å². The van der Waals surface area contributed by atoms with Crippen LogP contribution in [0.25, 0.3) is 0 Å². The number of anilines is 1. The van der Waals surface area contributed by atoms with Crippen molar-refractivity contribution in [3.8, 4) is 0 Å². The fourth-order valence-corrected chi connectivity index (χ4v) is 2.41. The van der Waals surface area contributed by atoms with Gasteiger partial charge in [0, 0.05) is 16.3 Å². The lowest BCUT2D eigenvalue weighted by Crippen LogP contribution is -2.40. The summed E-state index contributed by atoms with van der Waals surface area (Å²) in [6.45, 7) is 3.44. The van der Waals surface area contributed by atoms with Crippen molar-refractivity contribution in [2.24, 2.45) is 0 Å². The summed E-state index contributed by atoms with van der Waals surface area (Å²) < 4.78 is 13.2. The molecule has 1 atom stereocenters. The molecule has 110 valence electrons. The van der Waals surface area contributed by atoms with Crippen LogP contribution in [-0.2, 0) is 10.3 Å². The van der Waals surface area contributed by atoms with Crippen molar-refractivity contribution >= 4 is 23.3 Å². The molecule has 0 aliphatic carbocycles. The first-order chi connectivity index (χ1) is 9.83. The monoisotopic (exact) mass is 307 g/mol. The molecule has 0 fully saturated rings. The molecule has 0 aliphatic heterocycles. The van der Waals surface area contributed by atoms with Gasteiger partial charge in [0.25, 0.3) is 0 Å². The molecule has 2 N–H and O–H groups in total. The van der Waals surface area contributed by atoms with Gasteiger partial charge in [0.2, 0.25) is 0 Å². The summed E-state index contributed by atoms with van der Waals surface area (Å²) in [5, 5.41) is 12.6. The number of aliphatic carboxylic acids is 1. The number of nitrogens with one attached hydrogen (secondary N) is 1. The van der Waals surface area contributed by atoms with Crippen molar-refractivity contribution in [2.75, 3.05) is 5.32 Å². The highest BCUT2D eigenvalue weighted by Crippen LogP contribution is 2.32. The van der Waals surface area contributed by atoms with E-state index in [2.05, 4.69) is 5.32 Å². The molecule has 0 amide bonds. The molecule has 0 heterocycles. The van der Waals surface area contributed by atoms with Crippen LogP contribution in [0, 0.1) is 12.7 Å². The molecular formula is C16H15ClFNO2. The van der Waals surface area contributed by atoms with Crippen molar-refractivity contribution in [2.45, 2.75) is 19.4 Å². The second-order valence-corrected chi connectivity index (χ2v) is 5.45. The highest BCUT2D eigenvalue weighted by Gasteiger charge is 2.37. The molecule has 3 nitrogen and oxygen atoms in total. The Morgan fingerprint density at radius 1 is 1.24 bits per heavy atom. The predicted molar refractivity (Wildman–Crippen MR) is 81.2 cm³/mol. The number of benzene rings is 2.